The second-order valence-corrected chi connectivity index (χ2v) is 2.20. The summed E-state index contributed by atoms with van der Waals surface area (Å²) < 4.78 is 28.4. The Bertz CT molecular complexity index is 104. The molecule has 10 heavy (non-hydrogen) atoms. The van der Waals surface area contributed by atoms with Crippen LogP contribution in [0.1, 0.15) is 0 Å². The topological polar surface area (TPSA) is 35.2 Å². The molecule has 1 fully saturated rings. The van der Waals surface area contributed by atoms with Crippen molar-refractivity contribution >= 4 is 12.4 Å². The Morgan fingerprint density at radius 1 is 1.40 bits per heavy atom. The summed E-state index contributed by atoms with van der Waals surface area (Å²) in [5, 5.41) is 0. The van der Waals surface area contributed by atoms with E-state index >= 15 is 0 Å². The minimum atomic E-state index is -2.33. The molecule has 0 amide bonds. The maximum atomic E-state index is 11.8. The Morgan fingerprint density at radius 2 is 2.00 bits per heavy atom. The summed E-state index contributed by atoms with van der Waals surface area (Å²) in [6.45, 7) is 0.383. The summed E-state index contributed by atoms with van der Waals surface area (Å²) in [5.74, 6) is -0.745. The van der Waals surface area contributed by atoms with Gasteiger partial charge < -0.3 is 10.5 Å². The molecule has 0 bridgehead atoms. The highest BCUT2D eigenvalue weighted by Crippen LogP contribution is 2.18. The van der Waals surface area contributed by atoms with Crippen LogP contribution in [-0.2, 0) is 4.74 Å². The van der Waals surface area contributed by atoms with Gasteiger partial charge in [0.15, 0.2) is 0 Å². The monoisotopic (exact) mass is 173 g/mol. The molecule has 62 valence electrons. The molecule has 0 unspecified atom stereocenters. The average molecular weight is 174 g/mol. The molecule has 1 heterocycles. The van der Waals surface area contributed by atoms with Crippen molar-refractivity contribution in [3.63, 3.8) is 0 Å². The maximum absolute atomic E-state index is 11.8. The molecule has 2 nitrogen and oxygen atoms in total. The van der Waals surface area contributed by atoms with E-state index in [-0.39, 0.29) is 25.6 Å². The van der Waals surface area contributed by atoms with Gasteiger partial charge in [0.2, 0.25) is 6.43 Å². The van der Waals surface area contributed by atoms with Crippen LogP contribution in [0.4, 0.5) is 8.78 Å². The SMILES string of the molecule is Cl.N[C@H]1COC[C@H]1C(F)F. The van der Waals surface area contributed by atoms with Gasteiger partial charge in [0, 0.05) is 6.04 Å². The fraction of sp³-hybridized carbons (Fsp3) is 1.00. The molecule has 0 aromatic carbocycles. The highest BCUT2D eigenvalue weighted by molar-refractivity contribution is 5.85. The van der Waals surface area contributed by atoms with Crippen molar-refractivity contribution in [1.82, 2.24) is 0 Å². The number of hydrogen-bond donors (Lipinski definition) is 1. The molecule has 0 saturated carbocycles. The van der Waals surface area contributed by atoms with Crippen molar-refractivity contribution in [3.8, 4) is 0 Å². The number of hydrogen-bond acceptors (Lipinski definition) is 2. The Hall–Kier alpha value is 0.0700. The van der Waals surface area contributed by atoms with E-state index in [0.29, 0.717) is 0 Å². The molecule has 0 aromatic rings. The number of halogens is 3. The van der Waals surface area contributed by atoms with Crippen LogP contribution in [0.5, 0.6) is 0 Å². The van der Waals surface area contributed by atoms with Crippen LogP contribution in [0.2, 0.25) is 0 Å². The van der Waals surface area contributed by atoms with E-state index in [2.05, 4.69) is 0 Å². The van der Waals surface area contributed by atoms with E-state index < -0.39 is 18.4 Å². The van der Waals surface area contributed by atoms with Gasteiger partial charge in [-0.2, -0.15) is 0 Å². The van der Waals surface area contributed by atoms with Crippen LogP contribution < -0.4 is 5.73 Å². The van der Waals surface area contributed by atoms with Crippen molar-refractivity contribution in [2.75, 3.05) is 13.2 Å². The molecule has 2 N–H and O–H groups in total. The lowest BCUT2D eigenvalue weighted by molar-refractivity contribution is 0.0626. The molecule has 0 aliphatic carbocycles. The second kappa shape index (κ2) is 4.05. The van der Waals surface area contributed by atoms with E-state index in [9.17, 15) is 8.78 Å². The highest BCUT2D eigenvalue weighted by atomic mass is 35.5. The first-order valence-electron chi connectivity index (χ1n) is 2.83. The molecule has 5 heteroatoms. The third-order valence-corrected chi connectivity index (χ3v) is 1.49. The Kier molecular flexibility index (Phi) is 4.08. The largest absolute Gasteiger partial charge is 0.379 e. The molecule has 1 saturated heterocycles. The van der Waals surface area contributed by atoms with Crippen LogP contribution in [0, 0.1) is 5.92 Å². The molecule has 0 spiro atoms. The second-order valence-electron chi connectivity index (χ2n) is 2.20. The van der Waals surface area contributed by atoms with Gasteiger partial charge in [0.25, 0.3) is 0 Å². The molecular weight excluding hydrogens is 164 g/mol. The summed E-state index contributed by atoms with van der Waals surface area (Å²) in [5.41, 5.74) is 5.27. The van der Waals surface area contributed by atoms with Crippen molar-refractivity contribution in [2.24, 2.45) is 11.7 Å². The van der Waals surface area contributed by atoms with Gasteiger partial charge in [-0.15, -0.1) is 12.4 Å². The first-order chi connectivity index (χ1) is 4.22. The van der Waals surface area contributed by atoms with E-state index in [4.69, 9.17) is 10.5 Å². The smallest absolute Gasteiger partial charge is 0.245 e. The molecule has 1 rings (SSSR count). The zero-order valence-corrected chi connectivity index (χ0v) is 6.11. The first-order valence-corrected chi connectivity index (χ1v) is 2.83. The summed E-state index contributed by atoms with van der Waals surface area (Å²) in [6.07, 6.45) is -2.33. The fourth-order valence-electron chi connectivity index (χ4n) is 0.847. The van der Waals surface area contributed by atoms with Gasteiger partial charge in [-0.25, -0.2) is 8.78 Å². The molecular formula is C5H10ClF2NO. The normalized spacial score (nSPS) is 32.4. The van der Waals surface area contributed by atoms with Crippen molar-refractivity contribution in [2.45, 2.75) is 12.5 Å². The molecule has 1 aliphatic rings. The van der Waals surface area contributed by atoms with Crippen molar-refractivity contribution in [1.29, 1.82) is 0 Å². The first kappa shape index (κ1) is 10.1. The summed E-state index contributed by atoms with van der Waals surface area (Å²) in [7, 11) is 0. The zero-order chi connectivity index (χ0) is 6.85. The summed E-state index contributed by atoms with van der Waals surface area (Å²) in [4.78, 5) is 0. The molecule has 0 radical (unpaired) electrons. The zero-order valence-electron chi connectivity index (χ0n) is 5.30. The molecule has 1 aliphatic heterocycles. The van der Waals surface area contributed by atoms with Gasteiger partial charge in [-0.3, -0.25) is 0 Å². The van der Waals surface area contributed by atoms with Gasteiger partial charge in [-0.1, -0.05) is 0 Å². The number of alkyl halides is 2. The fourth-order valence-corrected chi connectivity index (χ4v) is 0.847. The van der Waals surface area contributed by atoms with Crippen LogP contribution in [0.25, 0.3) is 0 Å². The lowest BCUT2D eigenvalue weighted by atomic mass is 10.1. The number of rotatable bonds is 1. The van der Waals surface area contributed by atoms with Crippen LogP contribution in [0.15, 0.2) is 0 Å². The quantitative estimate of drug-likeness (QED) is 0.632. The van der Waals surface area contributed by atoms with Crippen molar-refractivity contribution in [3.05, 3.63) is 0 Å². The van der Waals surface area contributed by atoms with E-state index in [1.54, 1.807) is 0 Å². The van der Waals surface area contributed by atoms with E-state index in [1.807, 2.05) is 0 Å². The average Bonchev–Trinajstić information content (AvgIpc) is 2.13. The van der Waals surface area contributed by atoms with E-state index in [1.165, 1.54) is 0 Å². The molecule has 0 aromatic heterocycles. The lowest BCUT2D eigenvalue weighted by Crippen LogP contribution is -2.32. The highest BCUT2D eigenvalue weighted by Gasteiger charge is 2.32. The number of nitrogens with two attached hydrogens (primary N) is 1. The van der Waals surface area contributed by atoms with Crippen LogP contribution in [0.3, 0.4) is 0 Å². The summed E-state index contributed by atoms with van der Waals surface area (Å²) >= 11 is 0. The standard InChI is InChI=1S/C5H9F2NO.ClH/c6-5(7)3-1-9-2-4(3)8;/h3-5H,1-2,8H2;1H/t3-,4+;/m1./s1. The minimum absolute atomic E-state index is 0. The predicted molar refractivity (Wildman–Crippen MR) is 35.5 cm³/mol. The van der Waals surface area contributed by atoms with E-state index in [0.717, 1.165) is 0 Å². The van der Waals surface area contributed by atoms with Crippen LogP contribution in [-0.4, -0.2) is 25.7 Å². The van der Waals surface area contributed by atoms with Gasteiger partial charge in [0.1, 0.15) is 0 Å². The lowest BCUT2D eigenvalue weighted by Gasteiger charge is -2.09. The van der Waals surface area contributed by atoms with Gasteiger partial charge in [-0.05, 0) is 0 Å². The Labute approximate surface area is 64.1 Å². The minimum Gasteiger partial charge on any atom is -0.379 e. The summed E-state index contributed by atoms with van der Waals surface area (Å²) in [6, 6.07) is -0.468. The maximum Gasteiger partial charge on any atom is 0.245 e. The van der Waals surface area contributed by atoms with Crippen molar-refractivity contribution < 1.29 is 13.5 Å². The third-order valence-electron chi connectivity index (χ3n) is 1.49. The van der Waals surface area contributed by atoms with Gasteiger partial charge in [0.05, 0.1) is 19.1 Å². The Morgan fingerprint density at radius 3 is 2.20 bits per heavy atom. The number of ether oxygens (including phenoxy) is 1. The third kappa shape index (κ3) is 2.04. The van der Waals surface area contributed by atoms with Crippen LogP contribution >= 0.6 is 12.4 Å². The predicted octanol–water partition coefficient (Wildman–Crippen LogP) is 0.647. The van der Waals surface area contributed by atoms with Gasteiger partial charge >= 0.3 is 0 Å². The Balaban J connectivity index is 0.000000810. The molecule has 2 atom stereocenters.